The minimum atomic E-state index is 0.504. The zero-order chi connectivity index (χ0) is 19.0. The van der Waals surface area contributed by atoms with Crippen LogP contribution in [0.25, 0.3) is 16.7 Å². The molecule has 4 heteroatoms. The van der Waals surface area contributed by atoms with Crippen molar-refractivity contribution < 1.29 is 4.74 Å². The Morgan fingerprint density at radius 3 is 2.44 bits per heavy atom. The lowest BCUT2D eigenvalue weighted by Crippen LogP contribution is -2.02. The molecule has 0 aliphatic heterocycles. The first kappa shape index (κ1) is 17.3. The van der Waals surface area contributed by atoms with E-state index >= 15 is 0 Å². The molecule has 2 aromatic heterocycles. The summed E-state index contributed by atoms with van der Waals surface area (Å²) < 4.78 is 7.96. The second-order valence-corrected chi connectivity index (χ2v) is 7.03. The average molecular weight is 357 g/mol. The van der Waals surface area contributed by atoms with Gasteiger partial charge in [-0.2, -0.15) is 10.1 Å². The van der Waals surface area contributed by atoms with E-state index in [0.717, 1.165) is 28.0 Å². The fourth-order valence-electron chi connectivity index (χ4n) is 3.40. The summed E-state index contributed by atoms with van der Waals surface area (Å²) in [6, 6.07) is 18.5. The Kier molecular flexibility index (Phi) is 4.40. The lowest BCUT2D eigenvalue weighted by molar-refractivity contribution is 0.294. The zero-order valence-electron chi connectivity index (χ0n) is 16.2. The van der Waals surface area contributed by atoms with Gasteiger partial charge in [0, 0.05) is 11.5 Å². The van der Waals surface area contributed by atoms with Gasteiger partial charge in [-0.25, -0.2) is 4.68 Å². The van der Waals surface area contributed by atoms with Crippen LogP contribution in [0.15, 0.2) is 54.6 Å². The maximum absolute atomic E-state index is 6.06. The topological polar surface area (TPSA) is 39.9 Å². The smallest absolute Gasteiger partial charge is 0.215 e. The molecule has 4 nitrogen and oxygen atoms in total. The van der Waals surface area contributed by atoms with Crippen LogP contribution in [0.4, 0.5) is 0 Å². The van der Waals surface area contributed by atoms with Crippen molar-refractivity contribution in [2.75, 3.05) is 0 Å². The Bertz CT molecular complexity index is 1110. The minimum absolute atomic E-state index is 0.504. The van der Waals surface area contributed by atoms with E-state index in [2.05, 4.69) is 39.0 Å². The molecular formula is C23H23N3O. The second kappa shape index (κ2) is 6.88. The molecule has 0 bridgehead atoms. The monoisotopic (exact) mass is 357 g/mol. The van der Waals surface area contributed by atoms with Crippen molar-refractivity contribution in [2.45, 2.75) is 34.3 Å². The number of benzene rings is 2. The summed E-state index contributed by atoms with van der Waals surface area (Å²) in [5, 5.41) is 5.79. The van der Waals surface area contributed by atoms with Crippen LogP contribution in [0.2, 0.25) is 0 Å². The maximum atomic E-state index is 6.06. The molecule has 27 heavy (non-hydrogen) atoms. The van der Waals surface area contributed by atoms with E-state index in [1.807, 2.05) is 48.0 Å². The Morgan fingerprint density at radius 1 is 0.889 bits per heavy atom. The summed E-state index contributed by atoms with van der Waals surface area (Å²) in [6.07, 6.45) is 0. The van der Waals surface area contributed by atoms with Crippen LogP contribution < -0.4 is 4.74 Å². The van der Waals surface area contributed by atoms with Gasteiger partial charge in [-0.05, 0) is 56.5 Å². The van der Waals surface area contributed by atoms with Crippen molar-refractivity contribution in [3.63, 3.8) is 0 Å². The van der Waals surface area contributed by atoms with Crippen molar-refractivity contribution >= 4 is 11.0 Å². The van der Waals surface area contributed by atoms with Gasteiger partial charge in [-0.15, -0.1) is 0 Å². The van der Waals surface area contributed by atoms with Gasteiger partial charge in [0.25, 0.3) is 0 Å². The number of pyridine rings is 1. The van der Waals surface area contributed by atoms with E-state index in [1.54, 1.807) is 0 Å². The highest BCUT2D eigenvalue weighted by molar-refractivity contribution is 5.83. The third kappa shape index (κ3) is 3.31. The maximum Gasteiger partial charge on any atom is 0.215 e. The summed E-state index contributed by atoms with van der Waals surface area (Å²) in [7, 11) is 0. The van der Waals surface area contributed by atoms with E-state index in [9.17, 15) is 0 Å². The standard InChI is InChI=1S/C23H23N3O/c1-15-10-11-16(2)19(12-15)14-27-21-13-17(3)22-18(4)25-26(23(22)24-21)20-8-6-5-7-9-20/h5-13H,14H2,1-4H3. The van der Waals surface area contributed by atoms with Crippen LogP contribution in [0.5, 0.6) is 5.88 Å². The Labute approximate surface area is 159 Å². The molecule has 2 aromatic carbocycles. The van der Waals surface area contributed by atoms with Crippen LogP contribution in [-0.2, 0) is 6.61 Å². The molecule has 0 amide bonds. The number of para-hydroxylation sites is 1. The largest absolute Gasteiger partial charge is 0.473 e. The molecule has 0 N–H and O–H groups in total. The molecule has 4 rings (SSSR count). The first-order valence-corrected chi connectivity index (χ1v) is 9.14. The van der Waals surface area contributed by atoms with Crippen molar-refractivity contribution in [3.05, 3.63) is 82.5 Å². The first-order valence-electron chi connectivity index (χ1n) is 9.14. The highest BCUT2D eigenvalue weighted by Gasteiger charge is 2.15. The van der Waals surface area contributed by atoms with E-state index in [4.69, 9.17) is 14.8 Å². The fourth-order valence-corrected chi connectivity index (χ4v) is 3.40. The molecule has 0 fully saturated rings. The van der Waals surface area contributed by atoms with Crippen LogP contribution in [0.1, 0.15) is 27.9 Å². The molecule has 2 heterocycles. The SMILES string of the molecule is Cc1ccc(C)c(COc2cc(C)c3c(C)nn(-c4ccccc4)c3n2)c1. The van der Waals surface area contributed by atoms with Crippen molar-refractivity contribution in [1.29, 1.82) is 0 Å². The first-order chi connectivity index (χ1) is 13.0. The Morgan fingerprint density at radius 2 is 1.67 bits per heavy atom. The molecule has 4 aromatic rings. The van der Waals surface area contributed by atoms with Crippen LogP contribution in [0.3, 0.4) is 0 Å². The molecule has 0 aliphatic rings. The molecular weight excluding hydrogens is 334 g/mol. The molecule has 0 unspecified atom stereocenters. The van der Waals surface area contributed by atoms with Crippen LogP contribution in [-0.4, -0.2) is 14.8 Å². The molecule has 0 spiro atoms. The second-order valence-electron chi connectivity index (χ2n) is 7.03. The summed E-state index contributed by atoms with van der Waals surface area (Å²) >= 11 is 0. The Balaban J connectivity index is 1.73. The number of fused-ring (bicyclic) bond motifs is 1. The zero-order valence-corrected chi connectivity index (χ0v) is 16.2. The molecule has 136 valence electrons. The summed E-state index contributed by atoms with van der Waals surface area (Å²) in [5.41, 5.74) is 7.56. The third-order valence-electron chi connectivity index (χ3n) is 4.87. The fraction of sp³-hybridized carbons (Fsp3) is 0.217. The van der Waals surface area contributed by atoms with Gasteiger partial charge in [0.05, 0.1) is 11.4 Å². The van der Waals surface area contributed by atoms with E-state index < -0.39 is 0 Å². The van der Waals surface area contributed by atoms with Gasteiger partial charge < -0.3 is 4.74 Å². The minimum Gasteiger partial charge on any atom is -0.473 e. The number of aromatic nitrogens is 3. The van der Waals surface area contributed by atoms with Gasteiger partial charge >= 0.3 is 0 Å². The molecule has 0 saturated carbocycles. The highest BCUT2D eigenvalue weighted by Crippen LogP contribution is 2.27. The van der Waals surface area contributed by atoms with Crippen LogP contribution in [0, 0.1) is 27.7 Å². The summed E-state index contributed by atoms with van der Waals surface area (Å²) in [5.74, 6) is 0.623. The van der Waals surface area contributed by atoms with E-state index in [1.165, 1.54) is 16.7 Å². The number of rotatable bonds is 4. The van der Waals surface area contributed by atoms with E-state index in [0.29, 0.717) is 12.5 Å². The predicted octanol–water partition coefficient (Wildman–Crippen LogP) is 5.23. The van der Waals surface area contributed by atoms with Crippen LogP contribution >= 0.6 is 0 Å². The van der Waals surface area contributed by atoms with Crippen molar-refractivity contribution in [2.24, 2.45) is 0 Å². The number of nitrogens with zero attached hydrogens (tertiary/aromatic N) is 3. The van der Waals surface area contributed by atoms with Gasteiger partial charge in [-0.3, -0.25) is 0 Å². The summed E-state index contributed by atoms with van der Waals surface area (Å²) in [4.78, 5) is 4.78. The molecule has 0 radical (unpaired) electrons. The number of ether oxygens (including phenoxy) is 1. The lowest BCUT2D eigenvalue weighted by Gasteiger charge is -2.11. The van der Waals surface area contributed by atoms with E-state index in [-0.39, 0.29) is 0 Å². The highest BCUT2D eigenvalue weighted by atomic mass is 16.5. The van der Waals surface area contributed by atoms with Gasteiger partial charge in [0.15, 0.2) is 5.65 Å². The quantitative estimate of drug-likeness (QED) is 0.502. The predicted molar refractivity (Wildman–Crippen MR) is 109 cm³/mol. The van der Waals surface area contributed by atoms with Crippen molar-refractivity contribution in [1.82, 2.24) is 14.8 Å². The van der Waals surface area contributed by atoms with Gasteiger partial charge in [0.1, 0.15) is 6.61 Å². The van der Waals surface area contributed by atoms with Gasteiger partial charge in [-0.1, -0.05) is 42.0 Å². The molecule has 0 aliphatic carbocycles. The summed E-state index contributed by atoms with van der Waals surface area (Å²) in [6.45, 7) is 8.81. The van der Waals surface area contributed by atoms with Crippen molar-refractivity contribution in [3.8, 4) is 11.6 Å². The molecule has 0 atom stereocenters. The molecule has 0 saturated heterocycles. The number of hydrogen-bond acceptors (Lipinski definition) is 3. The lowest BCUT2D eigenvalue weighted by atomic mass is 10.1. The number of aryl methyl sites for hydroxylation is 4. The third-order valence-corrected chi connectivity index (χ3v) is 4.87. The normalized spacial score (nSPS) is 11.1. The van der Waals surface area contributed by atoms with Gasteiger partial charge in [0.2, 0.25) is 5.88 Å². The Hall–Kier alpha value is -3.14. The average Bonchev–Trinajstić information content (AvgIpc) is 3.00. The number of hydrogen-bond donors (Lipinski definition) is 0.